The van der Waals surface area contributed by atoms with Crippen molar-refractivity contribution in [2.75, 3.05) is 18.6 Å². The highest BCUT2D eigenvalue weighted by molar-refractivity contribution is 6.03. The molecule has 5 heteroatoms. The number of hydrogen-bond acceptors (Lipinski definition) is 4. The molecule has 1 unspecified atom stereocenters. The molecule has 0 bridgehead atoms. The van der Waals surface area contributed by atoms with Crippen LogP contribution in [0.15, 0.2) is 18.2 Å². The number of carbonyl (C=O) groups is 2. The molecule has 1 aromatic rings. The molecule has 1 amide bonds. The van der Waals surface area contributed by atoms with Gasteiger partial charge in [0.2, 0.25) is 0 Å². The molecular formula is C17H23NO4. The van der Waals surface area contributed by atoms with Gasteiger partial charge in [-0.3, -0.25) is 14.5 Å². The third-order valence-electron chi connectivity index (χ3n) is 3.81. The van der Waals surface area contributed by atoms with E-state index in [1.165, 1.54) is 12.0 Å². The van der Waals surface area contributed by atoms with Gasteiger partial charge in [0.1, 0.15) is 12.3 Å². The number of rotatable bonds is 4. The number of para-hydroxylation sites is 1. The van der Waals surface area contributed by atoms with Crippen molar-refractivity contribution in [3.63, 3.8) is 0 Å². The smallest absolute Gasteiger partial charge is 0.325 e. The van der Waals surface area contributed by atoms with Crippen LogP contribution in [0.5, 0.6) is 5.75 Å². The zero-order valence-electron chi connectivity index (χ0n) is 13.8. The van der Waals surface area contributed by atoms with Crippen LogP contribution in [0.1, 0.15) is 39.2 Å². The number of carbonyl (C=O) groups excluding carboxylic acids is 2. The van der Waals surface area contributed by atoms with E-state index < -0.39 is 12.1 Å². The number of anilines is 1. The van der Waals surface area contributed by atoms with E-state index in [0.29, 0.717) is 11.4 Å². The minimum Gasteiger partial charge on any atom is -0.478 e. The molecule has 0 radical (unpaired) electrons. The maximum Gasteiger partial charge on any atom is 0.325 e. The Labute approximate surface area is 131 Å². The molecule has 2 rings (SSSR count). The molecule has 1 aliphatic heterocycles. The largest absolute Gasteiger partial charge is 0.478 e. The predicted octanol–water partition coefficient (Wildman–Crippen LogP) is 2.73. The molecule has 0 aliphatic carbocycles. The molecule has 120 valence electrons. The van der Waals surface area contributed by atoms with Crippen molar-refractivity contribution in [2.45, 2.75) is 39.7 Å². The van der Waals surface area contributed by atoms with Gasteiger partial charge < -0.3 is 9.47 Å². The normalized spacial score (nSPS) is 17.5. The third-order valence-corrected chi connectivity index (χ3v) is 3.81. The maximum absolute atomic E-state index is 12.7. The van der Waals surface area contributed by atoms with Gasteiger partial charge in [-0.25, -0.2) is 0 Å². The van der Waals surface area contributed by atoms with E-state index in [-0.39, 0.29) is 24.3 Å². The molecule has 5 nitrogen and oxygen atoms in total. The Kier molecular flexibility index (Phi) is 4.74. The molecular weight excluding hydrogens is 282 g/mol. The third kappa shape index (κ3) is 2.93. The lowest BCUT2D eigenvalue weighted by atomic mass is 9.97. The van der Waals surface area contributed by atoms with Crippen LogP contribution in [-0.4, -0.2) is 31.6 Å². The standard InChI is InChI=1S/C17H23NO4/c1-10(2)12-7-6-8-13-16(12)22-15(11(3)4)17(20)18(13)9-14(19)21-5/h6-8,10-11,15H,9H2,1-5H3. The maximum atomic E-state index is 12.7. The van der Waals surface area contributed by atoms with E-state index in [1.807, 2.05) is 26.0 Å². The number of methoxy groups -OCH3 is 1. The monoisotopic (exact) mass is 305 g/mol. The van der Waals surface area contributed by atoms with Crippen molar-refractivity contribution < 1.29 is 19.1 Å². The summed E-state index contributed by atoms with van der Waals surface area (Å²) in [5.74, 6) is 0.323. The van der Waals surface area contributed by atoms with Gasteiger partial charge in [0, 0.05) is 0 Å². The predicted molar refractivity (Wildman–Crippen MR) is 84.2 cm³/mol. The molecule has 0 saturated carbocycles. The fourth-order valence-electron chi connectivity index (χ4n) is 2.57. The summed E-state index contributed by atoms with van der Waals surface area (Å²) in [5.41, 5.74) is 1.67. The topological polar surface area (TPSA) is 55.8 Å². The van der Waals surface area contributed by atoms with Crippen molar-refractivity contribution in [3.8, 4) is 5.75 Å². The lowest BCUT2D eigenvalue weighted by molar-refractivity contribution is -0.141. The van der Waals surface area contributed by atoms with Crippen molar-refractivity contribution in [1.29, 1.82) is 0 Å². The number of nitrogens with zero attached hydrogens (tertiary/aromatic N) is 1. The summed E-state index contributed by atoms with van der Waals surface area (Å²) in [4.78, 5) is 25.8. The van der Waals surface area contributed by atoms with Crippen LogP contribution in [0.4, 0.5) is 5.69 Å². The quantitative estimate of drug-likeness (QED) is 0.803. The number of benzene rings is 1. The average molecular weight is 305 g/mol. The van der Waals surface area contributed by atoms with E-state index in [0.717, 1.165) is 5.56 Å². The molecule has 1 aliphatic rings. The van der Waals surface area contributed by atoms with Gasteiger partial charge in [-0.05, 0) is 23.5 Å². The van der Waals surface area contributed by atoms with Gasteiger partial charge in [-0.1, -0.05) is 39.8 Å². The van der Waals surface area contributed by atoms with Crippen LogP contribution < -0.4 is 9.64 Å². The van der Waals surface area contributed by atoms with Crippen LogP contribution in [0, 0.1) is 5.92 Å². The Morgan fingerprint density at radius 2 is 2.00 bits per heavy atom. The molecule has 0 N–H and O–H groups in total. The molecule has 0 aromatic heterocycles. The van der Waals surface area contributed by atoms with Crippen LogP contribution >= 0.6 is 0 Å². The number of fused-ring (bicyclic) bond motifs is 1. The second kappa shape index (κ2) is 6.38. The Bertz CT molecular complexity index is 580. The minimum atomic E-state index is -0.586. The van der Waals surface area contributed by atoms with Crippen LogP contribution in [0.3, 0.4) is 0 Å². The Balaban J connectivity index is 2.52. The Morgan fingerprint density at radius 1 is 1.32 bits per heavy atom. The Morgan fingerprint density at radius 3 is 2.55 bits per heavy atom. The van der Waals surface area contributed by atoms with Crippen molar-refractivity contribution >= 4 is 17.6 Å². The number of esters is 1. The summed E-state index contributed by atoms with van der Waals surface area (Å²) in [7, 11) is 1.32. The number of amides is 1. The van der Waals surface area contributed by atoms with Gasteiger partial charge in [0.05, 0.1) is 12.8 Å². The molecule has 0 saturated heterocycles. The van der Waals surface area contributed by atoms with Crippen LogP contribution in [0.25, 0.3) is 0 Å². The molecule has 22 heavy (non-hydrogen) atoms. The summed E-state index contributed by atoms with van der Waals surface area (Å²) in [5, 5.41) is 0. The zero-order valence-corrected chi connectivity index (χ0v) is 13.8. The van der Waals surface area contributed by atoms with Crippen LogP contribution in [0.2, 0.25) is 0 Å². The average Bonchev–Trinajstić information content (AvgIpc) is 2.48. The summed E-state index contributed by atoms with van der Waals surface area (Å²) in [6, 6.07) is 5.68. The summed E-state index contributed by atoms with van der Waals surface area (Å²) in [6.07, 6.45) is -0.586. The van der Waals surface area contributed by atoms with Gasteiger partial charge in [0.25, 0.3) is 5.91 Å². The van der Waals surface area contributed by atoms with Gasteiger partial charge in [0.15, 0.2) is 6.10 Å². The summed E-state index contributed by atoms with van der Waals surface area (Å²) < 4.78 is 10.7. The van der Waals surface area contributed by atoms with Gasteiger partial charge in [-0.15, -0.1) is 0 Å². The molecule has 0 fully saturated rings. The molecule has 1 atom stereocenters. The second-order valence-electron chi connectivity index (χ2n) is 6.13. The molecule has 0 spiro atoms. The highest BCUT2D eigenvalue weighted by Crippen LogP contribution is 2.41. The van der Waals surface area contributed by atoms with E-state index in [2.05, 4.69) is 13.8 Å². The first-order chi connectivity index (χ1) is 10.4. The first-order valence-corrected chi connectivity index (χ1v) is 7.54. The first kappa shape index (κ1) is 16.3. The highest BCUT2D eigenvalue weighted by Gasteiger charge is 2.38. The van der Waals surface area contributed by atoms with Gasteiger partial charge >= 0.3 is 5.97 Å². The Hall–Kier alpha value is -2.04. The van der Waals surface area contributed by atoms with E-state index in [4.69, 9.17) is 9.47 Å². The SMILES string of the molecule is COC(=O)CN1C(=O)C(C(C)C)Oc2c(C(C)C)cccc21. The molecule has 1 heterocycles. The number of ether oxygens (including phenoxy) is 2. The van der Waals surface area contributed by atoms with Crippen molar-refractivity contribution in [1.82, 2.24) is 0 Å². The number of hydrogen-bond donors (Lipinski definition) is 0. The van der Waals surface area contributed by atoms with E-state index in [1.54, 1.807) is 6.07 Å². The summed E-state index contributed by atoms with van der Waals surface area (Å²) in [6.45, 7) is 7.91. The first-order valence-electron chi connectivity index (χ1n) is 7.54. The van der Waals surface area contributed by atoms with Crippen LogP contribution in [-0.2, 0) is 14.3 Å². The van der Waals surface area contributed by atoms with E-state index >= 15 is 0 Å². The molecule has 1 aromatic carbocycles. The fourth-order valence-corrected chi connectivity index (χ4v) is 2.57. The van der Waals surface area contributed by atoms with E-state index in [9.17, 15) is 9.59 Å². The fraction of sp³-hybridized carbons (Fsp3) is 0.529. The zero-order chi connectivity index (χ0) is 16.4. The summed E-state index contributed by atoms with van der Waals surface area (Å²) >= 11 is 0. The van der Waals surface area contributed by atoms with Gasteiger partial charge in [-0.2, -0.15) is 0 Å². The lowest BCUT2D eigenvalue weighted by Crippen LogP contribution is -2.50. The van der Waals surface area contributed by atoms with Crippen molar-refractivity contribution in [2.24, 2.45) is 5.92 Å². The second-order valence-corrected chi connectivity index (χ2v) is 6.13. The lowest BCUT2D eigenvalue weighted by Gasteiger charge is -2.36. The highest BCUT2D eigenvalue weighted by atomic mass is 16.5. The van der Waals surface area contributed by atoms with Crippen molar-refractivity contribution in [3.05, 3.63) is 23.8 Å². The minimum absolute atomic E-state index is 0.0148.